The molecule has 0 spiro atoms. The molecule has 0 saturated carbocycles. The lowest BCUT2D eigenvalue weighted by atomic mass is 10.1. The van der Waals surface area contributed by atoms with E-state index in [1.54, 1.807) is 35.1 Å². The molecule has 1 amide bonds. The van der Waals surface area contributed by atoms with Crippen LogP contribution in [-0.4, -0.2) is 46.5 Å². The summed E-state index contributed by atoms with van der Waals surface area (Å²) in [5.74, 6) is -1.27. The maximum atomic E-state index is 12.9. The van der Waals surface area contributed by atoms with E-state index >= 15 is 0 Å². The second-order valence-electron chi connectivity index (χ2n) is 6.31. The van der Waals surface area contributed by atoms with Gasteiger partial charge in [-0.3, -0.25) is 9.48 Å². The molecule has 1 aromatic heterocycles. The number of benzene rings is 2. The number of carbonyl (C=O) groups is 2. The molecule has 0 saturated heterocycles. The van der Waals surface area contributed by atoms with Gasteiger partial charge in [0.25, 0.3) is 5.91 Å². The number of aliphatic hydroxyl groups is 1. The second kappa shape index (κ2) is 9.36. The number of nitrogens with one attached hydrogen (secondary N) is 1. The van der Waals surface area contributed by atoms with Gasteiger partial charge in [-0.2, -0.15) is 5.10 Å². The average molecular weight is 414 g/mol. The summed E-state index contributed by atoms with van der Waals surface area (Å²) < 4.78 is 6.26. The van der Waals surface area contributed by atoms with Crippen LogP contribution in [-0.2, 0) is 16.1 Å². The molecule has 29 heavy (non-hydrogen) atoms. The zero-order valence-electron chi connectivity index (χ0n) is 15.7. The van der Waals surface area contributed by atoms with Crippen molar-refractivity contribution in [1.82, 2.24) is 15.1 Å². The van der Waals surface area contributed by atoms with Crippen molar-refractivity contribution in [3.8, 4) is 11.3 Å². The van der Waals surface area contributed by atoms with E-state index in [-0.39, 0.29) is 5.56 Å². The summed E-state index contributed by atoms with van der Waals surface area (Å²) in [5.41, 5.74) is 2.43. The normalized spacial score (nSPS) is 11.7. The van der Waals surface area contributed by atoms with Gasteiger partial charge in [-0.25, -0.2) is 4.79 Å². The van der Waals surface area contributed by atoms with Crippen LogP contribution >= 0.6 is 11.6 Å². The summed E-state index contributed by atoms with van der Waals surface area (Å²) >= 11 is 5.97. The number of esters is 1. The van der Waals surface area contributed by atoms with Gasteiger partial charge in [-0.15, -0.1) is 0 Å². The van der Waals surface area contributed by atoms with Crippen molar-refractivity contribution in [1.29, 1.82) is 0 Å². The summed E-state index contributed by atoms with van der Waals surface area (Å²) in [7, 11) is 1.19. The van der Waals surface area contributed by atoms with Crippen LogP contribution in [0.1, 0.15) is 15.9 Å². The van der Waals surface area contributed by atoms with E-state index in [9.17, 15) is 14.7 Å². The first-order valence-electron chi connectivity index (χ1n) is 8.88. The Morgan fingerprint density at radius 1 is 1.17 bits per heavy atom. The Kier molecular flexibility index (Phi) is 6.64. The third-order valence-electron chi connectivity index (χ3n) is 4.28. The maximum Gasteiger partial charge on any atom is 0.330 e. The minimum absolute atomic E-state index is 0.269. The van der Waals surface area contributed by atoms with Crippen molar-refractivity contribution in [2.45, 2.75) is 12.6 Å². The fourth-order valence-corrected chi connectivity index (χ4v) is 2.94. The Morgan fingerprint density at radius 2 is 1.86 bits per heavy atom. The highest BCUT2D eigenvalue weighted by atomic mass is 35.5. The predicted molar refractivity (Wildman–Crippen MR) is 109 cm³/mol. The summed E-state index contributed by atoms with van der Waals surface area (Å²) in [5, 5.41) is 17.0. The van der Waals surface area contributed by atoms with Crippen molar-refractivity contribution < 1.29 is 19.4 Å². The zero-order chi connectivity index (χ0) is 20.8. The molecule has 1 atom stereocenters. The fraction of sp³-hybridized carbons (Fsp3) is 0.190. The van der Waals surface area contributed by atoms with Gasteiger partial charge in [-0.1, -0.05) is 54.1 Å². The van der Waals surface area contributed by atoms with Crippen LogP contribution in [0.4, 0.5) is 0 Å². The molecule has 0 radical (unpaired) electrons. The molecule has 150 valence electrons. The van der Waals surface area contributed by atoms with Crippen molar-refractivity contribution in [2.75, 3.05) is 13.7 Å². The number of hydrogen-bond donors (Lipinski definition) is 2. The Balaban J connectivity index is 1.95. The highest BCUT2D eigenvalue weighted by Crippen LogP contribution is 2.24. The Bertz CT molecular complexity index is 987. The standard InChI is InChI=1S/C21H20ClN3O4/c1-29-21(28)18(13-26)23-20(27)17-12-25(11-14-5-3-2-4-6-14)24-19(17)15-7-9-16(22)10-8-15/h2-10,12,18,26H,11,13H2,1H3,(H,23,27). The molecule has 7 nitrogen and oxygen atoms in total. The van der Waals surface area contributed by atoms with E-state index in [2.05, 4.69) is 15.2 Å². The van der Waals surface area contributed by atoms with Gasteiger partial charge in [0.05, 0.1) is 25.8 Å². The molecule has 0 aliphatic rings. The largest absolute Gasteiger partial charge is 0.467 e. The molecular weight excluding hydrogens is 394 g/mol. The van der Waals surface area contributed by atoms with Gasteiger partial charge in [0, 0.05) is 16.8 Å². The van der Waals surface area contributed by atoms with Crippen LogP contribution < -0.4 is 5.32 Å². The molecule has 3 rings (SSSR count). The van der Waals surface area contributed by atoms with Crippen molar-refractivity contribution >= 4 is 23.5 Å². The Hall–Kier alpha value is -3.16. The average Bonchev–Trinajstić information content (AvgIpc) is 3.16. The first-order valence-corrected chi connectivity index (χ1v) is 9.26. The number of aromatic nitrogens is 2. The van der Waals surface area contributed by atoms with Gasteiger partial charge in [0.15, 0.2) is 6.04 Å². The molecule has 2 aromatic carbocycles. The smallest absolute Gasteiger partial charge is 0.330 e. The molecule has 0 fully saturated rings. The lowest BCUT2D eigenvalue weighted by molar-refractivity contribution is -0.143. The molecule has 2 N–H and O–H groups in total. The quantitative estimate of drug-likeness (QED) is 0.580. The zero-order valence-corrected chi connectivity index (χ0v) is 16.5. The molecule has 3 aromatic rings. The highest BCUT2D eigenvalue weighted by Gasteiger charge is 2.25. The van der Waals surface area contributed by atoms with E-state index in [0.29, 0.717) is 22.8 Å². The number of halogens is 1. The van der Waals surface area contributed by atoms with Crippen LogP contribution in [0.15, 0.2) is 60.8 Å². The van der Waals surface area contributed by atoms with E-state index in [4.69, 9.17) is 11.6 Å². The maximum absolute atomic E-state index is 12.9. The number of amides is 1. The van der Waals surface area contributed by atoms with Crippen LogP contribution in [0.2, 0.25) is 5.02 Å². The van der Waals surface area contributed by atoms with Crippen molar-refractivity contribution in [3.63, 3.8) is 0 Å². The van der Waals surface area contributed by atoms with E-state index in [0.717, 1.165) is 5.56 Å². The molecule has 0 aliphatic heterocycles. The highest BCUT2D eigenvalue weighted by molar-refractivity contribution is 6.30. The van der Waals surface area contributed by atoms with E-state index in [1.165, 1.54) is 7.11 Å². The van der Waals surface area contributed by atoms with E-state index < -0.39 is 24.5 Å². The number of carbonyl (C=O) groups excluding carboxylic acids is 2. The lowest BCUT2D eigenvalue weighted by Gasteiger charge is -2.13. The summed E-state index contributed by atoms with van der Waals surface area (Å²) in [6, 6.07) is 15.5. The third kappa shape index (κ3) is 5.01. The summed E-state index contributed by atoms with van der Waals surface area (Å²) in [4.78, 5) is 24.6. The SMILES string of the molecule is COC(=O)C(CO)NC(=O)c1cn(Cc2ccccc2)nc1-c1ccc(Cl)cc1. The number of aliphatic hydroxyl groups excluding tert-OH is 1. The van der Waals surface area contributed by atoms with Gasteiger partial charge < -0.3 is 15.2 Å². The monoisotopic (exact) mass is 413 g/mol. The first kappa shape index (κ1) is 20.6. The van der Waals surface area contributed by atoms with Crippen molar-refractivity contribution in [2.24, 2.45) is 0 Å². The molecule has 1 heterocycles. The molecule has 0 aliphatic carbocycles. The van der Waals surface area contributed by atoms with Crippen LogP contribution in [0, 0.1) is 0 Å². The number of ether oxygens (including phenoxy) is 1. The Morgan fingerprint density at radius 3 is 2.48 bits per heavy atom. The van der Waals surface area contributed by atoms with E-state index in [1.807, 2.05) is 30.3 Å². The number of methoxy groups -OCH3 is 1. The van der Waals surface area contributed by atoms with Crippen LogP contribution in [0.5, 0.6) is 0 Å². The lowest BCUT2D eigenvalue weighted by Crippen LogP contribution is -2.44. The van der Waals surface area contributed by atoms with Crippen molar-refractivity contribution in [3.05, 3.63) is 76.9 Å². The first-order chi connectivity index (χ1) is 14.0. The predicted octanol–water partition coefficient (Wildman–Crippen LogP) is 2.52. The summed E-state index contributed by atoms with van der Waals surface area (Å²) in [6.07, 6.45) is 1.61. The minimum Gasteiger partial charge on any atom is -0.467 e. The number of nitrogens with zero attached hydrogens (tertiary/aromatic N) is 2. The van der Waals surface area contributed by atoms with Gasteiger partial charge in [0.2, 0.25) is 0 Å². The topological polar surface area (TPSA) is 93.5 Å². The van der Waals surface area contributed by atoms with Gasteiger partial charge >= 0.3 is 5.97 Å². The molecular formula is C21H20ClN3O4. The number of hydrogen-bond acceptors (Lipinski definition) is 5. The molecule has 0 bridgehead atoms. The molecule has 1 unspecified atom stereocenters. The minimum atomic E-state index is -1.16. The second-order valence-corrected chi connectivity index (χ2v) is 6.75. The Labute approximate surface area is 172 Å². The summed E-state index contributed by atoms with van der Waals surface area (Å²) in [6.45, 7) is -0.109. The fourth-order valence-electron chi connectivity index (χ4n) is 2.82. The number of rotatable bonds is 7. The van der Waals surface area contributed by atoms with Gasteiger partial charge in [0.1, 0.15) is 5.69 Å². The van der Waals surface area contributed by atoms with Crippen LogP contribution in [0.25, 0.3) is 11.3 Å². The van der Waals surface area contributed by atoms with Crippen LogP contribution in [0.3, 0.4) is 0 Å². The molecule has 8 heteroatoms. The van der Waals surface area contributed by atoms with Gasteiger partial charge in [-0.05, 0) is 17.7 Å². The third-order valence-corrected chi connectivity index (χ3v) is 4.54.